The molecule has 1 saturated carbocycles. The van der Waals surface area contributed by atoms with E-state index in [0.29, 0.717) is 23.4 Å². The summed E-state index contributed by atoms with van der Waals surface area (Å²) in [5.41, 5.74) is 4.37. The van der Waals surface area contributed by atoms with Crippen LogP contribution in [-0.4, -0.2) is 34.8 Å². The van der Waals surface area contributed by atoms with E-state index in [2.05, 4.69) is 15.6 Å². The molecule has 0 saturated heterocycles. The van der Waals surface area contributed by atoms with Gasteiger partial charge < -0.3 is 20.5 Å². The summed E-state index contributed by atoms with van der Waals surface area (Å²) < 4.78 is 13.5. The summed E-state index contributed by atoms with van der Waals surface area (Å²) in [4.78, 5) is 41.7. The molecule has 4 rings (SSSR count). The van der Waals surface area contributed by atoms with E-state index in [1.807, 2.05) is 13.8 Å². The number of rotatable bonds is 5. The van der Waals surface area contributed by atoms with E-state index in [4.69, 9.17) is 0 Å². The standard InChI is InChI=1S/C24H29FN4O3/c1-13-20(12-29-21-9-4-17(25)10-16(21)11-22(29)31)26-14(2)23(13)24(32)28-19-7-5-18(6-8-19)27-15(3)30/h4,9-10,18-19,26H,5-8,11-12H2,1-3H3,(H,27,30)(H,28,32). The molecule has 2 aliphatic rings. The van der Waals surface area contributed by atoms with Gasteiger partial charge in [0.15, 0.2) is 0 Å². The fraction of sp³-hybridized carbons (Fsp3) is 0.458. The SMILES string of the molecule is CC(=O)NC1CCC(NC(=O)c2c(C)[nH]c(CN3C(=O)Cc4cc(F)ccc43)c2C)CC1. The number of aromatic amines is 1. The van der Waals surface area contributed by atoms with E-state index in [1.54, 1.807) is 11.0 Å². The maximum atomic E-state index is 13.5. The van der Waals surface area contributed by atoms with Gasteiger partial charge >= 0.3 is 0 Å². The minimum absolute atomic E-state index is 0.0205. The molecule has 1 aliphatic heterocycles. The molecule has 0 unspecified atom stereocenters. The summed E-state index contributed by atoms with van der Waals surface area (Å²) in [6, 6.07) is 4.64. The lowest BCUT2D eigenvalue weighted by Crippen LogP contribution is -2.43. The fourth-order valence-electron chi connectivity index (χ4n) is 4.92. The largest absolute Gasteiger partial charge is 0.360 e. The molecule has 3 N–H and O–H groups in total. The number of H-pyrrole nitrogens is 1. The second-order valence-corrected chi connectivity index (χ2v) is 8.88. The first-order valence-corrected chi connectivity index (χ1v) is 11.1. The number of hydrogen-bond donors (Lipinski definition) is 3. The summed E-state index contributed by atoms with van der Waals surface area (Å²) in [5.74, 6) is -0.580. The van der Waals surface area contributed by atoms with Crippen LogP contribution in [0.4, 0.5) is 10.1 Å². The molecule has 0 spiro atoms. The van der Waals surface area contributed by atoms with E-state index in [1.165, 1.54) is 19.1 Å². The maximum absolute atomic E-state index is 13.5. The van der Waals surface area contributed by atoms with Gasteiger partial charge in [-0.15, -0.1) is 0 Å². The number of hydrogen-bond acceptors (Lipinski definition) is 3. The predicted molar refractivity (Wildman–Crippen MR) is 119 cm³/mol. The third-order valence-electron chi connectivity index (χ3n) is 6.53. The number of carbonyl (C=O) groups excluding carboxylic acids is 3. The molecule has 1 aromatic heterocycles. The molecule has 0 bridgehead atoms. The van der Waals surface area contributed by atoms with Crippen LogP contribution in [0.3, 0.4) is 0 Å². The number of carbonyl (C=O) groups is 3. The lowest BCUT2D eigenvalue weighted by Gasteiger charge is -2.29. The molecular formula is C24H29FN4O3. The molecule has 2 aromatic rings. The number of nitrogens with one attached hydrogen (secondary N) is 3. The Morgan fingerprint density at radius 1 is 1.12 bits per heavy atom. The van der Waals surface area contributed by atoms with Crippen molar-refractivity contribution >= 4 is 23.4 Å². The van der Waals surface area contributed by atoms with E-state index < -0.39 is 0 Å². The van der Waals surface area contributed by atoms with Gasteiger partial charge in [-0.2, -0.15) is 0 Å². The molecule has 170 valence electrons. The summed E-state index contributed by atoms with van der Waals surface area (Å²) >= 11 is 0. The van der Waals surface area contributed by atoms with Crippen molar-refractivity contribution in [3.8, 4) is 0 Å². The fourth-order valence-corrected chi connectivity index (χ4v) is 4.92. The van der Waals surface area contributed by atoms with Gasteiger partial charge in [0.05, 0.1) is 18.5 Å². The van der Waals surface area contributed by atoms with Crippen LogP contribution in [0.1, 0.15) is 65.5 Å². The number of nitrogens with zero attached hydrogens (tertiary/aromatic N) is 1. The third-order valence-corrected chi connectivity index (χ3v) is 6.53. The van der Waals surface area contributed by atoms with Crippen LogP contribution in [0.2, 0.25) is 0 Å². The molecule has 1 aliphatic carbocycles. The highest BCUT2D eigenvalue weighted by Crippen LogP contribution is 2.32. The smallest absolute Gasteiger partial charge is 0.253 e. The van der Waals surface area contributed by atoms with Crippen LogP contribution in [0.25, 0.3) is 0 Å². The Morgan fingerprint density at radius 2 is 1.78 bits per heavy atom. The number of halogens is 1. The molecular weight excluding hydrogens is 411 g/mol. The average molecular weight is 441 g/mol. The highest BCUT2D eigenvalue weighted by molar-refractivity contribution is 6.01. The molecule has 2 heterocycles. The number of amides is 3. The minimum Gasteiger partial charge on any atom is -0.360 e. The Hall–Kier alpha value is -3.16. The van der Waals surface area contributed by atoms with Crippen molar-refractivity contribution in [1.82, 2.24) is 15.6 Å². The van der Waals surface area contributed by atoms with Crippen molar-refractivity contribution in [2.24, 2.45) is 0 Å². The van der Waals surface area contributed by atoms with Gasteiger partial charge in [0.2, 0.25) is 11.8 Å². The summed E-state index contributed by atoms with van der Waals surface area (Å²) in [6.45, 7) is 5.57. The van der Waals surface area contributed by atoms with Gasteiger partial charge in [0.25, 0.3) is 5.91 Å². The number of benzene rings is 1. The molecule has 8 heteroatoms. The second kappa shape index (κ2) is 8.76. The quantitative estimate of drug-likeness (QED) is 0.667. The summed E-state index contributed by atoms with van der Waals surface area (Å²) in [7, 11) is 0. The number of anilines is 1. The maximum Gasteiger partial charge on any atom is 0.253 e. The molecule has 1 fully saturated rings. The molecule has 0 atom stereocenters. The molecule has 7 nitrogen and oxygen atoms in total. The molecule has 32 heavy (non-hydrogen) atoms. The monoisotopic (exact) mass is 440 g/mol. The Kier molecular flexibility index (Phi) is 6.04. The van der Waals surface area contributed by atoms with E-state index >= 15 is 0 Å². The number of aromatic nitrogens is 1. The average Bonchev–Trinajstić information content (AvgIpc) is 3.18. The second-order valence-electron chi connectivity index (χ2n) is 8.88. The Bertz CT molecular complexity index is 1070. The van der Waals surface area contributed by atoms with Crippen LogP contribution in [0.5, 0.6) is 0 Å². The first-order chi connectivity index (χ1) is 15.2. The van der Waals surface area contributed by atoms with Crippen molar-refractivity contribution in [3.05, 3.63) is 52.1 Å². The van der Waals surface area contributed by atoms with Crippen molar-refractivity contribution in [3.63, 3.8) is 0 Å². The predicted octanol–water partition coefficient (Wildman–Crippen LogP) is 3.04. The first-order valence-electron chi connectivity index (χ1n) is 11.1. The van der Waals surface area contributed by atoms with Crippen LogP contribution < -0.4 is 15.5 Å². The van der Waals surface area contributed by atoms with Crippen LogP contribution in [0, 0.1) is 19.7 Å². The molecule has 3 amide bonds. The van der Waals surface area contributed by atoms with Crippen molar-refractivity contribution in [2.45, 2.75) is 71.5 Å². The zero-order chi connectivity index (χ0) is 23.0. The van der Waals surface area contributed by atoms with Gasteiger partial charge in [0.1, 0.15) is 5.82 Å². The Balaban J connectivity index is 1.44. The minimum atomic E-state index is -0.352. The van der Waals surface area contributed by atoms with Crippen LogP contribution in [-0.2, 0) is 22.6 Å². The van der Waals surface area contributed by atoms with Crippen molar-refractivity contribution < 1.29 is 18.8 Å². The van der Waals surface area contributed by atoms with Crippen molar-refractivity contribution in [1.29, 1.82) is 0 Å². The Labute approximate surface area is 186 Å². The normalized spacial score (nSPS) is 20.2. The van der Waals surface area contributed by atoms with Crippen LogP contribution >= 0.6 is 0 Å². The van der Waals surface area contributed by atoms with Gasteiger partial charge in [0, 0.05) is 36.1 Å². The highest BCUT2D eigenvalue weighted by Gasteiger charge is 2.30. The van der Waals surface area contributed by atoms with Crippen LogP contribution in [0.15, 0.2) is 18.2 Å². The van der Waals surface area contributed by atoms with Crippen molar-refractivity contribution in [2.75, 3.05) is 4.90 Å². The third kappa shape index (κ3) is 4.40. The Morgan fingerprint density at radius 3 is 2.44 bits per heavy atom. The number of aryl methyl sites for hydroxylation is 1. The van der Waals surface area contributed by atoms with Gasteiger partial charge in [-0.3, -0.25) is 14.4 Å². The van der Waals surface area contributed by atoms with E-state index in [9.17, 15) is 18.8 Å². The molecule has 0 radical (unpaired) electrons. The van der Waals surface area contributed by atoms with Gasteiger partial charge in [-0.05, 0) is 68.9 Å². The lowest BCUT2D eigenvalue weighted by molar-refractivity contribution is -0.120. The molecule has 1 aromatic carbocycles. The van der Waals surface area contributed by atoms with Gasteiger partial charge in [-0.1, -0.05) is 0 Å². The summed E-state index contributed by atoms with van der Waals surface area (Å²) in [5, 5.41) is 6.08. The van der Waals surface area contributed by atoms with E-state index in [-0.39, 0.29) is 42.0 Å². The zero-order valence-corrected chi connectivity index (χ0v) is 18.7. The summed E-state index contributed by atoms with van der Waals surface area (Å²) in [6.07, 6.45) is 3.51. The van der Waals surface area contributed by atoms with Gasteiger partial charge in [-0.25, -0.2) is 4.39 Å². The van der Waals surface area contributed by atoms with E-state index in [0.717, 1.165) is 42.6 Å². The zero-order valence-electron chi connectivity index (χ0n) is 18.7. The first kappa shape index (κ1) is 22.0. The highest BCUT2D eigenvalue weighted by atomic mass is 19.1. The lowest BCUT2D eigenvalue weighted by atomic mass is 9.91. The number of fused-ring (bicyclic) bond motifs is 1. The topological polar surface area (TPSA) is 94.3 Å².